The van der Waals surface area contributed by atoms with Crippen LogP contribution in [0.15, 0.2) is 42.5 Å². The normalized spacial score (nSPS) is 9.78. The van der Waals surface area contributed by atoms with E-state index in [-0.39, 0.29) is 0 Å². The van der Waals surface area contributed by atoms with E-state index in [2.05, 4.69) is 6.07 Å². The zero-order chi connectivity index (χ0) is 13.0. The summed E-state index contributed by atoms with van der Waals surface area (Å²) in [6.07, 6.45) is 2.04. The summed E-state index contributed by atoms with van der Waals surface area (Å²) in [5.74, 6) is 0. The van der Waals surface area contributed by atoms with Gasteiger partial charge in [-0.2, -0.15) is 5.26 Å². The molecule has 0 radical (unpaired) electrons. The Labute approximate surface area is 111 Å². The number of hydrogen-bond acceptors (Lipinski definition) is 2. The smallest absolute Gasteiger partial charge is 0.0992 e. The maximum Gasteiger partial charge on any atom is 0.0992 e. The Hall–Kier alpha value is -2.11. The first kappa shape index (κ1) is 12.3. The number of hydrogen-bond donors (Lipinski definition) is 1. The average molecular weight is 255 g/mol. The van der Waals surface area contributed by atoms with Crippen molar-refractivity contribution in [2.75, 3.05) is 0 Å². The largest absolute Gasteiger partial charge is 0.308 e. The first-order chi connectivity index (χ1) is 8.72. The molecule has 2 aromatic carbocycles. The molecule has 0 aromatic heterocycles. The molecule has 0 unspecified atom stereocenters. The number of halogens is 1. The van der Waals surface area contributed by atoms with Gasteiger partial charge in [0.2, 0.25) is 0 Å². The molecule has 1 N–H and O–H groups in total. The minimum Gasteiger partial charge on any atom is -0.308 e. The second-order valence-corrected chi connectivity index (χ2v) is 4.39. The van der Waals surface area contributed by atoms with Crippen LogP contribution in [0, 0.1) is 16.7 Å². The van der Waals surface area contributed by atoms with Gasteiger partial charge in [0.15, 0.2) is 0 Å². The molecule has 2 aromatic rings. The predicted octanol–water partition coefficient (Wildman–Crippen LogP) is 3.80. The van der Waals surface area contributed by atoms with Gasteiger partial charge in [-0.3, -0.25) is 0 Å². The first-order valence-electron chi connectivity index (χ1n) is 5.51. The molecule has 0 atom stereocenters. The zero-order valence-electron chi connectivity index (χ0n) is 9.65. The maximum absolute atomic E-state index is 8.77. The Morgan fingerprint density at radius 1 is 1.17 bits per heavy atom. The Morgan fingerprint density at radius 2 is 1.89 bits per heavy atom. The van der Waals surface area contributed by atoms with Crippen LogP contribution in [0.25, 0.3) is 0 Å². The highest BCUT2D eigenvalue weighted by Crippen LogP contribution is 2.21. The summed E-state index contributed by atoms with van der Waals surface area (Å²) in [6, 6.07) is 15.2. The van der Waals surface area contributed by atoms with E-state index >= 15 is 0 Å². The quantitative estimate of drug-likeness (QED) is 0.832. The van der Waals surface area contributed by atoms with Crippen molar-refractivity contribution in [3.05, 3.63) is 69.7 Å². The van der Waals surface area contributed by atoms with Gasteiger partial charge in [-0.25, -0.2) is 0 Å². The summed E-state index contributed by atoms with van der Waals surface area (Å²) in [4.78, 5) is 0. The minimum absolute atomic E-state index is 0.572. The van der Waals surface area contributed by atoms with Crippen LogP contribution in [0.2, 0.25) is 5.02 Å². The highest BCUT2D eigenvalue weighted by molar-refractivity contribution is 6.31. The molecule has 0 amide bonds. The number of nitrogens with zero attached hydrogens (tertiary/aromatic N) is 1. The molecule has 2 nitrogen and oxygen atoms in total. The molecule has 0 saturated heterocycles. The molecule has 3 heteroatoms. The standard InChI is InChI=1S/C15H11ClN2/c16-15-8-13(10-18)5-6-14(15)7-11-1-3-12(9-17)4-2-11/h1-6,8-9,17H,7H2. The number of nitriles is 1. The van der Waals surface area contributed by atoms with Crippen molar-refractivity contribution in [1.82, 2.24) is 0 Å². The van der Waals surface area contributed by atoms with Gasteiger partial charge in [-0.05, 0) is 35.2 Å². The van der Waals surface area contributed by atoms with Gasteiger partial charge >= 0.3 is 0 Å². The second kappa shape index (κ2) is 5.48. The number of rotatable bonds is 3. The Morgan fingerprint density at radius 3 is 2.44 bits per heavy atom. The van der Waals surface area contributed by atoms with Crippen molar-refractivity contribution in [2.45, 2.75) is 6.42 Å². The van der Waals surface area contributed by atoms with Crippen molar-refractivity contribution in [3.8, 4) is 6.07 Å². The van der Waals surface area contributed by atoms with Crippen LogP contribution >= 0.6 is 11.6 Å². The molecule has 18 heavy (non-hydrogen) atoms. The first-order valence-corrected chi connectivity index (χ1v) is 5.88. The van der Waals surface area contributed by atoms with Gasteiger partial charge in [-0.1, -0.05) is 41.9 Å². The molecule has 0 saturated carbocycles. The molecule has 0 aliphatic carbocycles. The van der Waals surface area contributed by atoms with Crippen molar-refractivity contribution >= 4 is 17.8 Å². The lowest BCUT2D eigenvalue weighted by molar-refractivity contribution is 1.19. The van der Waals surface area contributed by atoms with Gasteiger partial charge in [0, 0.05) is 11.2 Å². The van der Waals surface area contributed by atoms with E-state index in [0.29, 0.717) is 10.6 Å². The fraction of sp³-hybridized carbons (Fsp3) is 0.0667. The van der Waals surface area contributed by atoms with Gasteiger partial charge < -0.3 is 5.41 Å². The monoisotopic (exact) mass is 254 g/mol. The van der Waals surface area contributed by atoms with Gasteiger partial charge in [0.05, 0.1) is 11.6 Å². The lowest BCUT2D eigenvalue weighted by Crippen LogP contribution is -1.91. The van der Waals surface area contributed by atoms with E-state index in [0.717, 1.165) is 23.1 Å². The van der Waals surface area contributed by atoms with Gasteiger partial charge in [-0.15, -0.1) is 0 Å². The maximum atomic E-state index is 8.77. The molecule has 2 rings (SSSR count). The molecule has 0 aliphatic rings. The summed E-state index contributed by atoms with van der Waals surface area (Å²) in [5.41, 5.74) is 3.58. The highest BCUT2D eigenvalue weighted by Gasteiger charge is 2.03. The van der Waals surface area contributed by atoms with Crippen molar-refractivity contribution < 1.29 is 0 Å². The third kappa shape index (κ3) is 2.77. The van der Waals surface area contributed by atoms with E-state index in [1.807, 2.05) is 30.3 Å². The van der Waals surface area contributed by atoms with E-state index in [1.54, 1.807) is 12.1 Å². The lowest BCUT2D eigenvalue weighted by atomic mass is 10.0. The minimum atomic E-state index is 0.572. The van der Waals surface area contributed by atoms with Crippen LogP contribution in [0.5, 0.6) is 0 Å². The van der Waals surface area contributed by atoms with E-state index < -0.39 is 0 Å². The number of nitrogens with one attached hydrogen (secondary N) is 1. The average Bonchev–Trinajstić information content (AvgIpc) is 2.42. The Balaban J connectivity index is 2.23. The van der Waals surface area contributed by atoms with Crippen LogP contribution in [-0.2, 0) is 6.42 Å². The molecule has 88 valence electrons. The van der Waals surface area contributed by atoms with Gasteiger partial charge in [0.25, 0.3) is 0 Å². The summed E-state index contributed by atoms with van der Waals surface area (Å²) >= 11 is 6.13. The van der Waals surface area contributed by atoms with E-state index in [4.69, 9.17) is 22.3 Å². The molecule has 0 spiro atoms. The van der Waals surface area contributed by atoms with Crippen LogP contribution < -0.4 is 0 Å². The SMILES string of the molecule is N#Cc1ccc(Cc2ccc(C=N)cc2)c(Cl)c1. The van der Waals surface area contributed by atoms with Crippen molar-refractivity contribution in [2.24, 2.45) is 0 Å². The lowest BCUT2D eigenvalue weighted by Gasteiger charge is -2.05. The molecule has 0 bridgehead atoms. The second-order valence-electron chi connectivity index (χ2n) is 3.98. The van der Waals surface area contributed by atoms with Crippen LogP contribution in [-0.4, -0.2) is 6.21 Å². The van der Waals surface area contributed by atoms with E-state index in [9.17, 15) is 0 Å². The van der Waals surface area contributed by atoms with E-state index in [1.165, 1.54) is 6.21 Å². The summed E-state index contributed by atoms with van der Waals surface area (Å²) in [5, 5.41) is 16.5. The molecule has 0 fully saturated rings. The number of benzene rings is 2. The zero-order valence-corrected chi connectivity index (χ0v) is 10.4. The van der Waals surface area contributed by atoms with Crippen LogP contribution in [0.3, 0.4) is 0 Å². The third-order valence-corrected chi connectivity index (χ3v) is 3.07. The highest BCUT2D eigenvalue weighted by atomic mass is 35.5. The summed E-state index contributed by atoms with van der Waals surface area (Å²) in [7, 11) is 0. The molecule has 0 aliphatic heterocycles. The Bertz CT molecular complexity index is 609. The molecular formula is C15H11ClN2. The fourth-order valence-electron chi connectivity index (χ4n) is 1.71. The molecular weight excluding hydrogens is 244 g/mol. The fourth-order valence-corrected chi connectivity index (χ4v) is 1.96. The van der Waals surface area contributed by atoms with Gasteiger partial charge in [0.1, 0.15) is 0 Å². The summed E-state index contributed by atoms with van der Waals surface area (Å²) < 4.78 is 0. The summed E-state index contributed by atoms with van der Waals surface area (Å²) in [6.45, 7) is 0. The van der Waals surface area contributed by atoms with Crippen molar-refractivity contribution in [3.63, 3.8) is 0 Å². The topological polar surface area (TPSA) is 47.6 Å². The third-order valence-electron chi connectivity index (χ3n) is 2.72. The van der Waals surface area contributed by atoms with Crippen molar-refractivity contribution in [1.29, 1.82) is 10.7 Å². The molecule has 0 heterocycles. The Kier molecular flexibility index (Phi) is 3.76. The van der Waals surface area contributed by atoms with Crippen LogP contribution in [0.1, 0.15) is 22.3 Å². The predicted molar refractivity (Wildman–Crippen MR) is 73.3 cm³/mol. The van der Waals surface area contributed by atoms with Crippen LogP contribution in [0.4, 0.5) is 0 Å².